The summed E-state index contributed by atoms with van der Waals surface area (Å²) < 4.78 is 35.8. The van der Waals surface area contributed by atoms with Gasteiger partial charge in [-0.25, -0.2) is 8.42 Å². The van der Waals surface area contributed by atoms with Crippen LogP contribution >= 0.6 is 0 Å². The summed E-state index contributed by atoms with van der Waals surface area (Å²) in [7, 11) is -3.10. The van der Waals surface area contributed by atoms with Crippen molar-refractivity contribution in [2.45, 2.75) is 64.0 Å². The molecule has 108 valence electrons. The standard InChI is InChI=1S/C13H23BO4S/c1-11(2)12(3,4)18-14(17-11)10-8-13(10)6-5-7-19(15,16)9-13/h10H,5-9H2,1-4H3. The molecule has 4 nitrogen and oxygen atoms in total. The minimum absolute atomic E-state index is 0.0573. The molecule has 2 atom stereocenters. The van der Waals surface area contributed by atoms with Gasteiger partial charge < -0.3 is 9.31 Å². The highest BCUT2D eigenvalue weighted by Crippen LogP contribution is 2.66. The van der Waals surface area contributed by atoms with E-state index in [1.165, 1.54) is 0 Å². The molecule has 0 aromatic rings. The Morgan fingerprint density at radius 2 is 1.68 bits per heavy atom. The first-order valence-electron chi connectivity index (χ1n) is 7.13. The predicted octanol–water partition coefficient (Wildman–Crippen LogP) is 2.05. The van der Waals surface area contributed by atoms with E-state index in [0.29, 0.717) is 11.5 Å². The second kappa shape index (κ2) is 3.77. The fourth-order valence-electron chi connectivity index (χ4n) is 3.50. The van der Waals surface area contributed by atoms with Crippen molar-refractivity contribution in [1.29, 1.82) is 0 Å². The van der Waals surface area contributed by atoms with Crippen LogP contribution in [0.25, 0.3) is 0 Å². The van der Waals surface area contributed by atoms with Gasteiger partial charge >= 0.3 is 7.12 Å². The van der Waals surface area contributed by atoms with E-state index in [0.717, 1.165) is 19.3 Å². The van der Waals surface area contributed by atoms with Crippen LogP contribution in [0.5, 0.6) is 0 Å². The molecule has 0 amide bonds. The van der Waals surface area contributed by atoms with E-state index in [2.05, 4.69) is 0 Å². The van der Waals surface area contributed by atoms with Crippen LogP contribution in [0.1, 0.15) is 47.0 Å². The van der Waals surface area contributed by atoms with E-state index in [4.69, 9.17) is 9.31 Å². The molecule has 0 N–H and O–H groups in total. The normalized spacial score (nSPS) is 42.5. The summed E-state index contributed by atoms with van der Waals surface area (Å²) in [5.41, 5.74) is -0.706. The van der Waals surface area contributed by atoms with Gasteiger partial charge in [-0.3, -0.25) is 0 Å². The zero-order valence-electron chi connectivity index (χ0n) is 12.2. The van der Waals surface area contributed by atoms with Gasteiger partial charge in [0.15, 0.2) is 9.84 Å². The molecule has 1 aliphatic carbocycles. The third-order valence-corrected chi connectivity index (χ3v) is 7.42. The maximum Gasteiger partial charge on any atom is 0.461 e. The maximum absolute atomic E-state index is 11.8. The van der Waals surface area contributed by atoms with Crippen LogP contribution in [0.15, 0.2) is 0 Å². The minimum atomic E-state index is -2.86. The summed E-state index contributed by atoms with van der Waals surface area (Å²) in [6.07, 6.45) is 2.72. The Morgan fingerprint density at radius 3 is 2.21 bits per heavy atom. The van der Waals surface area contributed by atoms with Gasteiger partial charge in [0, 0.05) is 5.82 Å². The summed E-state index contributed by atoms with van der Waals surface area (Å²) in [5, 5.41) is 0. The Kier molecular flexibility index (Phi) is 2.76. The highest BCUT2D eigenvalue weighted by atomic mass is 32.2. The van der Waals surface area contributed by atoms with Gasteiger partial charge in [-0.1, -0.05) is 0 Å². The molecule has 2 saturated heterocycles. The summed E-state index contributed by atoms with van der Waals surface area (Å²) in [6.45, 7) is 8.17. The second-order valence-corrected chi connectivity index (χ2v) is 9.68. The van der Waals surface area contributed by atoms with Crippen LogP contribution in [0.2, 0.25) is 5.82 Å². The van der Waals surface area contributed by atoms with Gasteiger partial charge in [0.25, 0.3) is 0 Å². The van der Waals surface area contributed by atoms with Gasteiger partial charge in [-0.2, -0.15) is 0 Å². The molecule has 1 saturated carbocycles. The zero-order chi connectivity index (χ0) is 14.1. The van der Waals surface area contributed by atoms with Crippen molar-refractivity contribution in [3.05, 3.63) is 0 Å². The summed E-state index contributed by atoms with van der Waals surface area (Å²) in [6, 6.07) is 0. The maximum atomic E-state index is 11.8. The Bertz CT molecular complexity index is 483. The smallest absolute Gasteiger partial charge is 0.403 e. The van der Waals surface area contributed by atoms with Crippen molar-refractivity contribution in [3.63, 3.8) is 0 Å². The van der Waals surface area contributed by atoms with E-state index in [1.807, 2.05) is 27.7 Å². The fourth-order valence-corrected chi connectivity index (χ4v) is 5.58. The molecular weight excluding hydrogens is 263 g/mol. The quantitative estimate of drug-likeness (QED) is 0.692. The van der Waals surface area contributed by atoms with E-state index in [9.17, 15) is 8.42 Å². The molecule has 6 heteroatoms. The van der Waals surface area contributed by atoms with Crippen LogP contribution in [-0.4, -0.2) is 38.2 Å². The van der Waals surface area contributed by atoms with Crippen molar-refractivity contribution in [2.24, 2.45) is 5.41 Å². The molecule has 3 rings (SSSR count). The Balaban J connectivity index is 1.74. The van der Waals surface area contributed by atoms with Gasteiger partial charge in [0.2, 0.25) is 0 Å². The number of hydrogen-bond acceptors (Lipinski definition) is 4. The average molecular weight is 286 g/mol. The lowest BCUT2D eigenvalue weighted by molar-refractivity contribution is 0.00578. The van der Waals surface area contributed by atoms with Crippen LogP contribution < -0.4 is 0 Å². The first-order chi connectivity index (χ1) is 8.57. The Hall–Kier alpha value is -0.0651. The van der Waals surface area contributed by atoms with E-state index < -0.39 is 9.84 Å². The predicted molar refractivity (Wildman–Crippen MR) is 74.8 cm³/mol. The van der Waals surface area contributed by atoms with Crippen molar-refractivity contribution < 1.29 is 17.7 Å². The highest BCUT2D eigenvalue weighted by molar-refractivity contribution is 7.91. The topological polar surface area (TPSA) is 52.6 Å². The Morgan fingerprint density at radius 1 is 1.11 bits per heavy atom. The van der Waals surface area contributed by atoms with Gasteiger partial charge in [-0.05, 0) is 52.4 Å². The molecule has 0 radical (unpaired) electrons. The SMILES string of the molecule is CC1(C)OB(C2CC23CCCS(=O)(=O)C3)OC1(C)C. The molecule has 3 aliphatic rings. The molecular formula is C13H23BO4S. The molecule has 0 aromatic heterocycles. The van der Waals surface area contributed by atoms with Crippen molar-refractivity contribution in [3.8, 4) is 0 Å². The van der Waals surface area contributed by atoms with Crippen molar-refractivity contribution in [1.82, 2.24) is 0 Å². The molecule has 2 aliphatic heterocycles. The van der Waals surface area contributed by atoms with Crippen LogP contribution in [0.3, 0.4) is 0 Å². The zero-order valence-corrected chi connectivity index (χ0v) is 13.0. The summed E-state index contributed by atoms with van der Waals surface area (Å²) in [4.78, 5) is 0. The average Bonchev–Trinajstić information content (AvgIpc) is 2.81. The van der Waals surface area contributed by atoms with Crippen LogP contribution in [0.4, 0.5) is 0 Å². The molecule has 2 heterocycles. The van der Waals surface area contributed by atoms with E-state index >= 15 is 0 Å². The third-order valence-electron chi connectivity index (χ3n) is 5.49. The van der Waals surface area contributed by atoms with E-state index in [1.54, 1.807) is 0 Å². The molecule has 1 spiro atoms. The first-order valence-corrected chi connectivity index (χ1v) is 8.95. The van der Waals surface area contributed by atoms with Gasteiger partial charge in [-0.15, -0.1) is 0 Å². The van der Waals surface area contributed by atoms with Crippen LogP contribution in [-0.2, 0) is 19.1 Å². The summed E-state index contributed by atoms with van der Waals surface area (Å²) in [5.74, 6) is 0.933. The van der Waals surface area contributed by atoms with Crippen molar-refractivity contribution >= 4 is 17.0 Å². The molecule has 2 unspecified atom stereocenters. The third kappa shape index (κ3) is 2.16. The molecule has 0 aromatic carbocycles. The number of sulfone groups is 1. The Labute approximate surface area is 116 Å². The molecule has 19 heavy (non-hydrogen) atoms. The van der Waals surface area contributed by atoms with Gasteiger partial charge in [0.05, 0.1) is 22.7 Å². The van der Waals surface area contributed by atoms with E-state index in [-0.39, 0.29) is 29.6 Å². The summed E-state index contributed by atoms with van der Waals surface area (Å²) >= 11 is 0. The molecule has 0 bridgehead atoms. The van der Waals surface area contributed by atoms with Crippen LogP contribution in [0, 0.1) is 5.41 Å². The van der Waals surface area contributed by atoms with Crippen molar-refractivity contribution in [2.75, 3.05) is 11.5 Å². The fraction of sp³-hybridized carbons (Fsp3) is 1.00. The van der Waals surface area contributed by atoms with Gasteiger partial charge in [0.1, 0.15) is 0 Å². The number of hydrogen-bond donors (Lipinski definition) is 0. The lowest BCUT2D eigenvalue weighted by atomic mass is 9.76. The largest absolute Gasteiger partial charge is 0.461 e. The lowest BCUT2D eigenvalue weighted by Crippen LogP contribution is -2.41. The molecule has 3 fully saturated rings. The monoisotopic (exact) mass is 286 g/mol. The first kappa shape index (κ1) is 13.9. The minimum Gasteiger partial charge on any atom is -0.403 e. The lowest BCUT2D eigenvalue weighted by Gasteiger charge is -2.32. The number of rotatable bonds is 1. The second-order valence-electron chi connectivity index (χ2n) is 7.49. The highest BCUT2D eigenvalue weighted by Gasteiger charge is 2.67.